The Morgan fingerprint density at radius 3 is 2.52 bits per heavy atom. The van der Waals surface area contributed by atoms with E-state index in [2.05, 4.69) is 25.6 Å². The van der Waals surface area contributed by atoms with E-state index in [4.69, 9.17) is 11.6 Å². The third kappa shape index (κ3) is 3.81. The standard InChI is InChI=1S/C21H16ClN7O3S/c1-13-19(14-7-9-15(22)10-8-14)20-23-16(11-18(30)29(20)25-13)12-33(31,32)21-24-26-27-28(21)17-5-3-2-4-6-17/h2-11,25H,12H2,1H3. The van der Waals surface area contributed by atoms with Crippen LogP contribution in [0.25, 0.3) is 22.5 Å². The van der Waals surface area contributed by atoms with Gasteiger partial charge in [0.25, 0.3) is 10.7 Å². The summed E-state index contributed by atoms with van der Waals surface area (Å²) in [7, 11) is -4.02. The summed E-state index contributed by atoms with van der Waals surface area (Å²) < 4.78 is 28.8. The number of nitrogens with zero attached hydrogens (tertiary/aromatic N) is 6. The molecule has 0 spiro atoms. The van der Waals surface area contributed by atoms with E-state index in [1.54, 1.807) is 42.5 Å². The van der Waals surface area contributed by atoms with Crippen LogP contribution in [0.15, 0.2) is 70.6 Å². The highest BCUT2D eigenvalue weighted by Gasteiger charge is 2.26. The monoisotopic (exact) mass is 481 g/mol. The van der Waals surface area contributed by atoms with Crippen molar-refractivity contribution in [3.63, 3.8) is 0 Å². The molecule has 10 nitrogen and oxygen atoms in total. The number of hydrogen-bond donors (Lipinski definition) is 1. The zero-order valence-electron chi connectivity index (χ0n) is 17.2. The number of benzene rings is 2. The van der Waals surface area contributed by atoms with Gasteiger partial charge in [-0.05, 0) is 47.2 Å². The molecule has 166 valence electrons. The number of para-hydroxylation sites is 1. The van der Waals surface area contributed by atoms with Crippen LogP contribution < -0.4 is 5.56 Å². The predicted octanol–water partition coefficient (Wildman–Crippen LogP) is 2.60. The molecule has 0 aliphatic carbocycles. The van der Waals surface area contributed by atoms with Crippen molar-refractivity contribution in [1.29, 1.82) is 0 Å². The second-order valence-corrected chi connectivity index (χ2v) is 9.65. The molecule has 5 rings (SSSR count). The summed E-state index contributed by atoms with van der Waals surface area (Å²) in [5, 5.41) is 14.2. The first-order valence-corrected chi connectivity index (χ1v) is 11.8. The Labute approximate surface area is 192 Å². The molecule has 33 heavy (non-hydrogen) atoms. The summed E-state index contributed by atoms with van der Waals surface area (Å²) in [5.41, 5.74) is 2.63. The topological polar surface area (TPSA) is 128 Å². The molecule has 0 aliphatic rings. The molecule has 12 heteroatoms. The van der Waals surface area contributed by atoms with Crippen LogP contribution in [0.3, 0.4) is 0 Å². The first kappa shape index (κ1) is 21.0. The number of rotatable bonds is 5. The lowest BCUT2D eigenvalue weighted by molar-refractivity contribution is 0.578. The van der Waals surface area contributed by atoms with E-state index in [9.17, 15) is 13.2 Å². The van der Waals surface area contributed by atoms with E-state index in [1.807, 2.05) is 19.1 Å². The van der Waals surface area contributed by atoms with Gasteiger partial charge < -0.3 is 0 Å². The van der Waals surface area contributed by atoms with E-state index >= 15 is 0 Å². The molecular weight excluding hydrogens is 466 g/mol. The van der Waals surface area contributed by atoms with Gasteiger partial charge in [0.15, 0.2) is 5.65 Å². The third-order valence-electron chi connectivity index (χ3n) is 5.04. The van der Waals surface area contributed by atoms with Gasteiger partial charge in [-0.15, -0.1) is 0 Å². The van der Waals surface area contributed by atoms with Gasteiger partial charge in [0.05, 0.1) is 11.4 Å². The lowest BCUT2D eigenvalue weighted by Crippen LogP contribution is -2.19. The normalized spacial score (nSPS) is 11.8. The molecule has 0 bridgehead atoms. The maximum absolute atomic E-state index is 13.2. The van der Waals surface area contributed by atoms with Crippen molar-refractivity contribution in [2.24, 2.45) is 0 Å². The van der Waals surface area contributed by atoms with E-state index in [0.29, 0.717) is 27.6 Å². The fraction of sp³-hybridized carbons (Fsp3) is 0.0952. The van der Waals surface area contributed by atoms with E-state index in [1.165, 1.54) is 10.6 Å². The smallest absolute Gasteiger partial charge is 0.272 e. The van der Waals surface area contributed by atoms with E-state index in [0.717, 1.165) is 10.2 Å². The first-order valence-electron chi connectivity index (χ1n) is 9.77. The quantitative estimate of drug-likeness (QED) is 0.408. The van der Waals surface area contributed by atoms with Gasteiger partial charge in [-0.1, -0.05) is 47.0 Å². The average molecular weight is 482 g/mol. The van der Waals surface area contributed by atoms with Gasteiger partial charge in [0.2, 0.25) is 9.84 Å². The summed E-state index contributed by atoms with van der Waals surface area (Å²) in [6, 6.07) is 16.9. The number of sulfone groups is 1. The van der Waals surface area contributed by atoms with Gasteiger partial charge in [-0.2, -0.15) is 4.68 Å². The van der Waals surface area contributed by atoms with Crippen molar-refractivity contribution in [2.75, 3.05) is 0 Å². The molecule has 3 aromatic heterocycles. The first-order chi connectivity index (χ1) is 15.8. The van der Waals surface area contributed by atoms with Gasteiger partial charge in [-0.25, -0.2) is 17.9 Å². The van der Waals surface area contributed by atoms with Crippen molar-refractivity contribution < 1.29 is 8.42 Å². The highest BCUT2D eigenvalue weighted by molar-refractivity contribution is 7.90. The van der Waals surface area contributed by atoms with E-state index < -0.39 is 21.1 Å². The minimum atomic E-state index is -4.02. The second kappa shape index (κ2) is 7.94. The average Bonchev–Trinajstić information content (AvgIpc) is 3.41. The van der Waals surface area contributed by atoms with Crippen LogP contribution in [0.5, 0.6) is 0 Å². The number of nitrogens with one attached hydrogen (secondary N) is 1. The molecule has 0 saturated heterocycles. The summed E-state index contributed by atoms with van der Waals surface area (Å²) in [6.45, 7) is 1.81. The van der Waals surface area contributed by atoms with Gasteiger partial charge >= 0.3 is 0 Å². The van der Waals surface area contributed by atoms with Crippen molar-refractivity contribution in [3.05, 3.63) is 87.4 Å². The van der Waals surface area contributed by atoms with Crippen LogP contribution in [0, 0.1) is 6.92 Å². The zero-order chi connectivity index (χ0) is 23.2. The van der Waals surface area contributed by atoms with Gasteiger partial charge in [0, 0.05) is 22.3 Å². The zero-order valence-corrected chi connectivity index (χ0v) is 18.7. The number of tetrazole rings is 1. The Kier molecular flexibility index (Phi) is 5.06. The summed E-state index contributed by atoms with van der Waals surface area (Å²) in [6.07, 6.45) is 0. The SMILES string of the molecule is Cc1[nH]n2c(=O)cc(CS(=O)(=O)c3nnnn3-c3ccccc3)nc2c1-c1ccc(Cl)cc1. The van der Waals surface area contributed by atoms with Crippen molar-refractivity contribution in [3.8, 4) is 16.8 Å². The second-order valence-electron chi connectivity index (χ2n) is 7.33. The molecule has 0 aliphatic heterocycles. The Balaban J connectivity index is 1.59. The van der Waals surface area contributed by atoms with E-state index in [-0.39, 0.29) is 10.9 Å². The highest BCUT2D eigenvalue weighted by Crippen LogP contribution is 2.28. The molecule has 1 N–H and O–H groups in total. The fourth-order valence-electron chi connectivity index (χ4n) is 3.60. The number of H-pyrrole nitrogens is 1. The molecule has 5 aromatic rings. The van der Waals surface area contributed by atoms with Crippen LogP contribution >= 0.6 is 11.6 Å². The Morgan fingerprint density at radius 1 is 1.06 bits per heavy atom. The van der Waals surface area contributed by atoms with Crippen molar-refractivity contribution in [2.45, 2.75) is 17.8 Å². The largest absolute Gasteiger partial charge is 0.293 e. The fourth-order valence-corrected chi connectivity index (χ4v) is 4.95. The molecule has 2 aromatic carbocycles. The Bertz CT molecular complexity index is 1640. The highest BCUT2D eigenvalue weighted by atomic mass is 35.5. The molecule has 0 saturated carbocycles. The number of aromatic amines is 1. The van der Waals surface area contributed by atoms with Crippen molar-refractivity contribution >= 4 is 27.1 Å². The third-order valence-corrected chi connectivity index (χ3v) is 6.78. The summed E-state index contributed by atoms with van der Waals surface area (Å²) in [5.74, 6) is -0.545. The lowest BCUT2D eigenvalue weighted by Gasteiger charge is -2.06. The van der Waals surface area contributed by atoms with Crippen LogP contribution in [0.2, 0.25) is 5.02 Å². The molecule has 0 radical (unpaired) electrons. The number of aryl methyl sites for hydroxylation is 1. The minimum absolute atomic E-state index is 0.0804. The molecule has 0 fully saturated rings. The number of hydrogen-bond acceptors (Lipinski definition) is 7. The number of aromatic nitrogens is 7. The Hall–Kier alpha value is -3.83. The molecule has 0 unspecified atom stereocenters. The van der Waals surface area contributed by atoms with Crippen LogP contribution in [0.1, 0.15) is 11.4 Å². The lowest BCUT2D eigenvalue weighted by atomic mass is 10.1. The Morgan fingerprint density at radius 2 is 1.79 bits per heavy atom. The predicted molar refractivity (Wildman–Crippen MR) is 121 cm³/mol. The van der Waals surface area contributed by atoms with Crippen LogP contribution in [-0.2, 0) is 15.6 Å². The molecule has 0 atom stereocenters. The van der Waals surface area contributed by atoms with Crippen LogP contribution in [-0.4, -0.2) is 43.2 Å². The maximum atomic E-state index is 13.2. The van der Waals surface area contributed by atoms with Crippen molar-refractivity contribution in [1.82, 2.24) is 34.8 Å². The number of fused-ring (bicyclic) bond motifs is 1. The molecule has 3 heterocycles. The molecule has 0 amide bonds. The maximum Gasteiger partial charge on any atom is 0.272 e. The minimum Gasteiger partial charge on any atom is -0.293 e. The van der Waals surface area contributed by atoms with Gasteiger partial charge in [-0.3, -0.25) is 9.89 Å². The summed E-state index contributed by atoms with van der Waals surface area (Å²) in [4.78, 5) is 17.2. The number of halogens is 1. The van der Waals surface area contributed by atoms with Gasteiger partial charge in [0.1, 0.15) is 5.75 Å². The summed E-state index contributed by atoms with van der Waals surface area (Å²) >= 11 is 6.00. The molecular formula is C21H16ClN7O3S. The van der Waals surface area contributed by atoms with Crippen LogP contribution in [0.4, 0.5) is 0 Å².